The number of fused-ring (bicyclic) bond motifs is 1. The average molecular weight is 267 g/mol. The van der Waals surface area contributed by atoms with Crippen LogP contribution in [0.1, 0.15) is 22.4 Å². The Morgan fingerprint density at radius 2 is 1.90 bits per heavy atom. The molecule has 0 unspecified atom stereocenters. The van der Waals surface area contributed by atoms with Gasteiger partial charge in [0.1, 0.15) is 12.1 Å². The summed E-state index contributed by atoms with van der Waals surface area (Å²) in [5.74, 6) is 1.53. The van der Waals surface area contributed by atoms with E-state index in [1.54, 1.807) is 4.52 Å². The fraction of sp³-hybridized carbons (Fsp3) is 0.267. The molecule has 0 radical (unpaired) electrons. The van der Waals surface area contributed by atoms with Gasteiger partial charge in [-0.1, -0.05) is 17.7 Å². The number of hydrogen-bond acceptors (Lipinski definition) is 4. The molecular formula is C15H17N5. The lowest BCUT2D eigenvalue weighted by Crippen LogP contribution is -2.07. The van der Waals surface area contributed by atoms with Gasteiger partial charge in [-0.25, -0.2) is 4.98 Å². The molecule has 0 fully saturated rings. The number of hydrogen-bond donors (Lipinski definition) is 1. The van der Waals surface area contributed by atoms with Crippen LogP contribution in [0.25, 0.3) is 5.78 Å². The normalized spacial score (nSPS) is 11.0. The first kappa shape index (κ1) is 12.6. The Morgan fingerprint density at radius 1 is 1.10 bits per heavy atom. The molecule has 3 aromatic rings. The average Bonchev–Trinajstić information content (AvgIpc) is 2.85. The van der Waals surface area contributed by atoms with Crippen LogP contribution in [0.3, 0.4) is 0 Å². The van der Waals surface area contributed by atoms with Gasteiger partial charge in [-0.3, -0.25) is 0 Å². The van der Waals surface area contributed by atoms with Gasteiger partial charge in [0.2, 0.25) is 0 Å². The van der Waals surface area contributed by atoms with Crippen LogP contribution in [0.5, 0.6) is 0 Å². The Kier molecular flexibility index (Phi) is 2.89. The molecule has 0 atom stereocenters. The molecule has 5 nitrogen and oxygen atoms in total. The third kappa shape index (κ3) is 2.01. The zero-order valence-electron chi connectivity index (χ0n) is 12.1. The van der Waals surface area contributed by atoms with Gasteiger partial charge in [-0.05, 0) is 39.3 Å². The summed E-state index contributed by atoms with van der Waals surface area (Å²) >= 11 is 0. The molecular weight excluding hydrogens is 250 g/mol. The number of nitrogens with one attached hydrogen (secondary N) is 1. The van der Waals surface area contributed by atoms with Gasteiger partial charge in [0.25, 0.3) is 5.78 Å². The van der Waals surface area contributed by atoms with Crippen molar-refractivity contribution in [1.82, 2.24) is 19.6 Å². The number of aromatic nitrogens is 4. The molecule has 0 amide bonds. The number of benzene rings is 1. The molecule has 1 N–H and O–H groups in total. The highest BCUT2D eigenvalue weighted by Crippen LogP contribution is 2.25. The van der Waals surface area contributed by atoms with Crippen molar-refractivity contribution in [3.63, 3.8) is 0 Å². The Morgan fingerprint density at radius 3 is 2.65 bits per heavy atom. The van der Waals surface area contributed by atoms with E-state index < -0.39 is 0 Å². The molecule has 102 valence electrons. The predicted octanol–water partition coefficient (Wildman–Crippen LogP) is 3.10. The molecule has 1 aromatic carbocycles. The summed E-state index contributed by atoms with van der Waals surface area (Å²) in [6, 6.07) is 6.34. The van der Waals surface area contributed by atoms with Crippen LogP contribution in [-0.4, -0.2) is 19.6 Å². The second-order valence-electron chi connectivity index (χ2n) is 5.09. The maximum Gasteiger partial charge on any atom is 0.254 e. The monoisotopic (exact) mass is 267 g/mol. The largest absolute Gasteiger partial charge is 0.340 e. The van der Waals surface area contributed by atoms with Crippen molar-refractivity contribution in [1.29, 1.82) is 0 Å². The van der Waals surface area contributed by atoms with Gasteiger partial charge in [-0.15, -0.1) is 0 Å². The molecule has 20 heavy (non-hydrogen) atoms. The number of nitrogens with zero attached hydrogens (tertiary/aromatic N) is 4. The highest BCUT2D eigenvalue weighted by Gasteiger charge is 2.11. The molecule has 0 saturated heterocycles. The summed E-state index contributed by atoms with van der Waals surface area (Å²) in [5.41, 5.74) is 5.55. The Balaban J connectivity index is 2.14. The highest BCUT2D eigenvalue weighted by molar-refractivity contribution is 5.65. The lowest BCUT2D eigenvalue weighted by molar-refractivity contribution is 0.923. The first-order chi connectivity index (χ1) is 9.56. The lowest BCUT2D eigenvalue weighted by atomic mass is 10.1. The molecule has 0 aliphatic heterocycles. The minimum atomic E-state index is 0.611. The molecule has 0 saturated carbocycles. The maximum absolute atomic E-state index is 4.42. The van der Waals surface area contributed by atoms with Gasteiger partial charge in [0.05, 0.1) is 0 Å². The van der Waals surface area contributed by atoms with Gasteiger partial charge in [0, 0.05) is 16.9 Å². The van der Waals surface area contributed by atoms with Crippen LogP contribution in [0.2, 0.25) is 0 Å². The van der Waals surface area contributed by atoms with E-state index in [4.69, 9.17) is 0 Å². The smallest absolute Gasteiger partial charge is 0.254 e. The third-order valence-corrected chi connectivity index (χ3v) is 3.54. The third-order valence-electron chi connectivity index (χ3n) is 3.54. The van der Waals surface area contributed by atoms with Crippen molar-refractivity contribution in [2.24, 2.45) is 0 Å². The standard InChI is InChI=1S/C15H17N5/c1-9-5-6-13(10(2)7-9)19-14-11(3)12(4)18-15-16-8-17-20(14)15/h5-8,19H,1-4H3. The highest BCUT2D eigenvalue weighted by atomic mass is 15.4. The van der Waals surface area contributed by atoms with Gasteiger partial charge < -0.3 is 5.32 Å². The molecule has 2 aromatic heterocycles. The summed E-state index contributed by atoms with van der Waals surface area (Å²) in [6.07, 6.45) is 1.52. The summed E-state index contributed by atoms with van der Waals surface area (Å²) in [5, 5.41) is 7.70. The first-order valence-electron chi connectivity index (χ1n) is 6.57. The fourth-order valence-electron chi connectivity index (χ4n) is 2.26. The van der Waals surface area contributed by atoms with Crippen molar-refractivity contribution in [2.45, 2.75) is 27.7 Å². The predicted molar refractivity (Wildman–Crippen MR) is 79.5 cm³/mol. The molecule has 2 heterocycles. The fourth-order valence-corrected chi connectivity index (χ4v) is 2.26. The van der Waals surface area contributed by atoms with Crippen LogP contribution >= 0.6 is 0 Å². The summed E-state index contributed by atoms with van der Waals surface area (Å²) < 4.78 is 1.74. The Labute approximate surface area is 117 Å². The Hall–Kier alpha value is -2.43. The van der Waals surface area contributed by atoms with Crippen LogP contribution < -0.4 is 5.32 Å². The topological polar surface area (TPSA) is 55.1 Å². The van der Waals surface area contributed by atoms with E-state index in [-0.39, 0.29) is 0 Å². The SMILES string of the molecule is Cc1ccc(Nc2c(C)c(C)nc3ncnn23)c(C)c1. The molecule has 0 aliphatic rings. The van der Waals surface area contributed by atoms with Gasteiger partial charge in [0.15, 0.2) is 0 Å². The van der Waals surface area contributed by atoms with E-state index in [9.17, 15) is 0 Å². The molecule has 5 heteroatoms. The van der Waals surface area contributed by atoms with Crippen molar-refractivity contribution < 1.29 is 0 Å². The van der Waals surface area contributed by atoms with Crippen molar-refractivity contribution in [3.8, 4) is 0 Å². The molecule has 3 rings (SSSR count). The minimum Gasteiger partial charge on any atom is -0.340 e. The zero-order valence-corrected chi connectivity index (χ0v) is 12.1. The number of rotatable bonds is 2. The summed E-state index contributed by atoms with van der Waals surface area (Å²) in [7, 11) is 0. The van der Waals surface area contributed by atoms with Crippen LogP contribution in [-0.2, 0) is 0 Å². The molecule has 0 bridgehead atoms. The van der Waals surface area contributed by atoms with E-state index in [2.05, 4.69) is 52.4 Å². The van der Waals surface area contributed by atoms with Gasteiger partial charge >= 0.3 is 0 Å². The number of aryl methyl sites for hydroxylation is 3. The van der Waals surface area contributed by atoms with Crippen LogP contribution in [0.15, 0.2) is 24.5 Å². The summed E-state index contributed by atoms with van der Waals surface area (Å²) in [6.45, 7) is 8.21. The first-order valence-corrected chi connectivity index (χ1v) is 6.57. The Bertz CT molecular complexity index is 788. The maximum atomic E-state index is 4.42. The van der Waals surface area contributed by atoms with E-state index >= 15 is 0 Å². The molecule has 0 aliphatic carbocycles. The summed E-state index contributed by atoms with van der Waals surface area (Å²) in [4.78, 5) is 8.58. The molecule has 0 spiro atoms. The van der Waals surface area contributed by atoms with Crippen molar-refractivity contribution in [3.05, 3.63) is 46.9 Å². The lowest BCUT2D eigenvalue weighted by Gasteiger charge is -2.14. The minimum absolute atomic E-state index is 0.611. The zero-order chi connectivity index (χ0) is 14.3. The van der Waals surface area contributed by atoms with E-state index in [1.807, 2.05) is 13.8 Å². The quantitative estimate of drug-likeness (QED) is 0.775. The van der Waals surface area contributed by atoms with E-state index in [0.29, 0.717) is 5.78 Å². The van der Waals surface area contributed by atoms with Gasteiger partial charge in [-0.2, -0.15) is 14.6 Å². The van der Waals surface area contributed by atoms with E-state index in [0.717, 1.165) is 22.8 Å². The second-order valence-corrected chi connectivity index (χ2v) is 5.09. The van der Waals surface area contributed by atoms with Crippen LogP contribution in [0, 0.1) is 27.7 Å². The van der Waals surface area contributed by atoms with Crippen molar-refractivity contribution in [2.75, 3.05) is 5.32 Å². The van der Waals surface area contributed by atoms with Crippen LogP contribution in [0.4, 0.5) is 11.5 Å². The second kappa shape index (κ2) is 4.59. The number of anilines is 2. The van der Waals surface area contributed by atoms with E-state index in [1.165, 1.54) is 17.5 Å². The van der Waals surface area contributed by atoms with Crippen molar-refractivity contribution >= 4 is 17.3 Å².